The maximum atomic E-state index is 12.9. The monoisotopic (exact) mass is 672 g/mol. The van der Waals surface area contributed by atoms with Crippen LogP contribution in [-0.4, -0.2) is 19.2 Å². The van der Waals surface area contributed by atoms with E-state index in [1.807, 2.05) is 19.1 Å². The van der Waals surface area contributed by atoms with Gasteiger partial charge in [-0.1, -0.05) is 61.2 Å². The second kappa shape index (κ2) is 15.6. The topological polar surface area (TPSA) is 113 Å². The first-order valence-electron chi connectivity index (χ1n) is 15.3. The standard InChI is InChI=1S/C37H34Cl2N2O6/c1-3-5-6-17-44-27-12-8-23(9-13-27)37(42)46-28-14-15-29-33(20-28)47-36(41)30(21-40)35(29)24-10-16-32(34(18-24)43-4-2)45-22-25-7-11-26(38)19-31(25)39/h7-16,18-20,35H,3-6,17,22,41H2,1-2H3. The van der Waals surface area contributed by atoms with Gasteiger partial charge in [0.25, 0.3) is 0 Å². The van der Waals surface area contributed by atoms with E-state index in [-0.39, 0.29) is 23.8 Å². The lowest BCUT2D eigenvalue weighted by Gasteiger charge is -2.27. The molecule has 1 aliphatic rings. The fraction of sp³-hybridized carbons (Fsp3) is 0.243. The minimum absolute atomic E-state index is 0.0429. The zero-order valence-corrected chi connectivity index (χ0v) is 27.6. The SMILES string of the molecule is CCCCCOc1ccc(C(=O)Oc2ccc3c(c2)OC(N)=C(C#N)C3c2ccc(OCc3ccc(Cl)cc3Cl)c(OCC)c2)cc1. The molecule has 0 aliphatic carbocycles. The molecular weight excluding hydrogens is 639 g/mol. The van der Waals surface area contributed by atoms with Crippen LogP contribution >= 0.6 is 23.2 Å². The lowest BCUT2D eigenvalue weighted by Crippen LogP contribution is -2.21. The Balaban J connectivity index is 1.36. The predicted molar refractivity (Wildman–Crippen MR) is 181 cm³/mol. The molecule has 8 nitrogen and oxygen atoms in total. The molecular formula is C37H34Cl2N2O6. The Labute approximate surface area is 284 Å². The van der Waals surface area contributed by atoms with Gasteiger partial charge in [0.15, 0.2) is 11.5 Å². The average Bonchev–Trinajstić information content (AvgIpc) is 3.06. The number of nitrogens with zero attached hydrogens (tertiary/aromatic N) is 1. The van der Waals surface area contributed by atoms with Crippen molar-refractivity contribution < 1.29 is 28.5 Å². The van der Waals surface area contributed by atoms with E-state index >= 15 is 0 Å². The largest absolute Gasteiger partial charge is 0.494 e. The van der Waals surface area contributed by atoms with Crippen LogP contribution in [0, 0.1) is 11.3 Å². The van der Waals surface area contributed by atoms with E-state index in [2.05, 4.69) is 13.0 Å². The van der Waals surface area contributed by atoms with Crippen LogP contribution < -0.4 is 29.4 Å². The van der Waals surface area contributed by atoms with Crippen LogP contribution in [0.3, 0.4) is 0 Å². The summed E-state index contributed by atoms with van der Waals surface area (Å²) in [5.41, 5.74) is 9.02. The first-order valence-corrected chi connectivity index (χ1v) is 16.1. The number of nitrogens with two attached hydrogens (primary N) is 1. The summed E-state index contributed by atoms with van der Waals surface area (Å²) in [6.07, 6.45) is 3.20. The molecule has 47 heavy (non-hydrogen) atoms. The maximum Gasteiger partial charge on any atom is 0.343 e. The minimum Gasteiger partial charge on any atom is -0.494 e. The maximum absolute atomic E-state index is 12.9. The summed E-state index contributed by atoms with van der Waals surface area (Å²) in [5, 5.41) is 11.1. The highest BCUT2D eigenvalue weighted by Gasteiger charge is 2.32. The molecule has 5 rings (SSSR count). The van der Waals surface area contributed by atoms with Gasteiger partial charge >= 0.3 is 5.97 Å². The third-order valence-electron chi connectivity index (χ3n) is 7.51. The quantitative estimate of drug-likeness (QED) is 0.0850. The van der Waals surface area contributed by atoms with Crippen LogP contribution in [0.4, 0.5) is 0 Å². The average molecular weight is 674 g/mol. The molecule has 10 heteroatoms. The van der Waals surface area contributed by atoms with Crippen molar-refractivity contribution in [2.75, 3.05) is 13.2 Å². The number of carbonyl (C=O) groups is 1. The number of halogens is 2. The summed E-state index contributed by atoms with van der Waals surface area (Å²) in [6.45, 7) is 5.22. The van der Waals surface area contributed by atoms with Gasteiger partial charge < -0.3 is 29.4 Å². The van der Waals surface area contributed by atoms with Gasteiger partial charge in [-0.25, -0.2) is 4.79 Å². The van der Waals surface area contributed by atoms with E-state index in [0.717, 1.165) is 30.4 Å². The number of hydrogen-bond acceptors (Lipinski definition) is 8. The molecule has 2 N–H and O–H groups in total. The van der Waals surface area contributed by atoms with Crippen molar-refractivity contribution in [2.45, 2.75) is 45.6 Å². The van der Waals surface area contributed by atoms with E-state index in [9.17, 15) is 10.1 Å². The van der Waals surface area contributed by atoms with E-state index in [0.29, 0.717) is 57.4 Å². The lowest BCUT2D eigenvalue weighted by atomic mass is 9.83. The molecule has 242 valence electrons. The minimum atomic E-state index is -0.572. The summed E-state index contributed by atoms with van der Waals surface area (Å²) in [5.74, 6) is 1.16. The van der Waals surface area contributed by atoms with Crippen LogP contribution in [0.5, 0.6) is 28.7 Å². The summed E-state index contributed by atoms with van der Waals surface area (Å²) >= 11 is 12.4. The number of rotatable bonds is 13. The van der Waals surface area contributed by atoms with Gasteiger partial charge in [-0.15, -0.1) is 0 Å². The number of allylic oxidation sites excluding steroid dienone is 1. The smallest absolute Gasteiger partial charge is 0.343 e. The second-order valence-corrected chi connectivity index (χ2v) is 11.6. The highest BCUT2D eigenvalue weighted by atomic mass is 35.5. The van der Waals surface area contributed by atoms with Gasteiger partial charge in [-0.05, 0) is 73.5 Å². The number of ether oxygens (including phenoxy) is 5. The van der Waals surface area contributed by atoms with Gasteiger partial charge in [-0.3, -0.25) is 0 Å². The number of nitriles is 1. The van der Waals surface area contributed by atoms with Crippen molar-refractivity contribution in [3.05, 3.63) is 123 Å². The molecule has 0 amide bonds. The van der Waals surface area contributed by atoms with Crippen LogP contribution in [0.2, 0.25) is 10.0 Å². The number of hydrogen-bond donors (Lipinski definition) is 1. The zero-order chi connectivity index (χ0) is 33.3. The summed E-state index contributed by atoms with van der Waals surface area (Å²) in [6, 6.07) is 24.7. The number of benzene rings is 4. The van der Waals surface area contributed by atoms with Gasteiger partial charge in [0.05, 0.1) is 24.7 Å². The predicted octanol–water partition coefficient (Wildman–Crippen LogP) is 8.98. The molecule has 1 heterocycles. The third kappa shape index (κ3) is 8.12. The van der Waals surface area contributed by atoms with Gasteiger partial charge in [0, 0.05) is 27.2 Å². The molecule has 4 aromatic carbocycles. The molecule has 0 saturated carbocycles. The summed E-state index contributed by atoms with van der Waals surface area (Å²) in [4.78, 5) is 12.9. The van der Waals surface area contributed by atoms with Crippen molar-refractivity contribution >= 4 is 29.2 Å². The Kier molecular flexibility index (Phi) is 11.2. The van der Waals surface area contributed by atoms with Crippen molar-refractivity contribution in [3.8, 4) is 34.8 Å². The number of unbranched alkanes of at least 4 members (excludes halogenated alkanes) is 2. The molecule has 0 aromatic heterocycles. The third-order valence-corrected chi connectivity index (χ3v) is 8.09. The number of fused-ring (bicyclic) bond motifs is 1. The van der Waals surface area contributed by atoms with E-state index < -0.39 is 11.9 Å². The van der Waals surface area contributed by atoms with Gasteiger partial charge in [-0.2, -0.15) is 5.26 Å². The van der Waals surface area contributed by atoms with Crippen molar-refractivity contribution in [3.63, 3.8) is 0 Å². The van der Waals surface area contributed by atoms with Crippen LogP contribution in [-0.2, 0) is 6.61 Å². The van der Waals surface area contributed by atoms with Gasteiger partial charge in [0.2, 0.25) is 5.88 Å². The van der Waals surface area contributed by atoms with Crippen molar-refractivity contribution in [2.24, 2.45) is 5.73 Å². The fourth-order valence-electron chi connectivity index (χ4n) is 5.12. The second-order valence-electron chi connectivity index (χ2n) is 10.8. The Hall–Kier alpha value is -4.84. The van der Waals surface area contributed by atoms with E-state index in [4.69, 9.17) is 52.6 Å². The molecule has 0 bridgehead atoms. The highest BCUT2D eigenvalue weighted by molar-refractivity contribution is 6.35. The molecule has 4 aromatic rings. The van der Waals surface area contributed by atoms with Crippen LogP contribution in [0.15, 0.2) is 90.3 Å². The zero-order valence-electron chi connectivity index (χ0n) is 26.1. The number of carbonyl (C=O) groups excluding carboxylic acids is 1. The lowest BCUT2D eigenvalue weighted by molar-refractivity contribution is 0.0734. The van der Waals surface area contributed by atoms with Gasteiger partial charge in [0.1, 0.15) is 35.5 Å². The van der Waals surface area contributed by atoms with Crippen molar-refractivity contribution in [1.82, 2.24) is 0 Å². The Bertz CT molecular complexity index is 1820. The molecule has 1 aliphatic heterocycles. The Morgan fingerprint density at radius 3 is 2.40 bits per heavy atom. The van der Waals surface area contributed by atoms with Crippen LogP contribution in [0.25, 0.3) is 0 Å². The fourth-order valence-corrected chi connectivity index (χ4v) is 5.59. The van der Waals surface area contributed by atoms with Crippen molar-refractivity contribution in [1.29, 1.82) is 5.26 Å². The molecule has 0 radical (unpaired) electrons. The van der Waals surface area contributed by atoms with E-state index in [1.165, 1.54) is 0 Å². The highest BCUT2D eigenvalue weighted by Crippen LogP contribution is 2.45. The molecule has 0 fully saturated rings. The number of esters is 1. The summed E-state index contributed by atoms with van der Waals surface area (Å²) < 4.78 is 29.2. The van der Waals surface area contributed by atoms with E-state index in [1.54, 1.807) is 66.7 Å². The Morgan fingerprint density at radius 2 is 1.68 bits per heavy atom. The molecule has 1 atom stereocenters. The summed E-state index contributed by atoms with van der Waals surface area (Å²) in [7, 11) is 0. The molecule has 1 unspecified atom stereocenters. The first-order chi connectivity index (χ1) is 22.8. The molecule has 0 saturated heterocycles. The molecule has 0 spiro atoms. The van der Waals surface area contributed by atoms with Crippen LogP contribution in [0.1, 0.15) is 66.1 Å². The normalized spacial score (nSPS) is 13.6. The first kappa shape index (κ1) is 33.5. The Morgan fingerprint density at radius 1 is 0.894 bits per heavy atom.